The van der Waals surface area contributed by atoms with Crippen LogP contribution in [0.25, 0.3) is 0 Å². The van der Waals surface area contributed by atoms with Crippen LogP contribution in [0.2, 0.25) is 0 Å². The molecular weight excluding hydrogens is 270 g/mol. The fraction of sp³-hybridized carbons (Fsp3) is 0.867. The summed E-state index contributed by atoms with van der Waals surface area (Å²) >= 11 is 5.22. The van der Waals surface area contributed by atoms with E-state index in [4.69, 9.17) is 18.0 Å². The number of nitrogens with one attached hydrogen (secondary N) is 1. The van der Waals surface area contributed by atoms with Gasteiger partial charge in [-0.15, -0.1) is 0 Å². The highest BCUT2D eigenvalue weighted by atomic mass is 32.1. The van der Waals surface area contributed by atoms with Crippen molar-refractivity contribution in [3.05, 3.63) is 0 Å². The third-order valence-corrected chi connectivity index (χ3v) is 4.82. The van der Waals surface area contributed by atoms with E-state index < -0.39 is 5.41 Å². The van der Waals surface area contributed by atoms with Crippen molar-refractivity contribution in [1.82, 2.24) is 10.2 Å². The van der Waals surface area contributed by atoms with Gasteiger partial charge in [-0.3, -0.25) is 4.79 Å². The number of thiocarbonyl (C=S) groups is 1. The molecule has 1 amide bonds. The molecule has 0 aromatic rings. The van der Waals surface area contributed by atoms with Gasteiger partial charge in [-0.1, -0.05) is 38.9 Å². The van der Waals surface area contributed by atoms with Gasteiger partial charge < -0.3 is 16.0 Å². The van der Waals surface area contributed by atoms with Crippen molar-refractivity contribution in [2.24, 2.45) is 11.1 Å². The van der Waals surface area contributed by atoms with Crippen molar-refractivity contribution in [3.63, 3.8) is 0 Å². The Kier molecular flexibility index (Phi) is 6.89. The number of hydrogen-bond donors (Lipinski definition) is 2. The molecule has 1 aliphatic rings. The number of likely N-dealkylation sites (N-methyl/N-ethyl adjacent to an activating group) is 1. The zero-order valence-corrected chi connectivity index (χ0v) is 13.9. The van der Waals surface area contributed by atoms with Crippen LogP contribution in [0.3, 0.4) is 0 Å². The minimum atomic E-state index is -0.657. The van der Waals surface area contributed by atoms with Crippen LogP contribution in [0.15, 0.2) is 0 Å². The molecule has 1 rings (SSSR count). The number of rotatable bonds is 8. The van der Waals surface area contributed by atoms with Gasteiger partial charge >= 0.3 is 0 Å². The lowest BCUT2D eigenvalue weighted by molar-refractivity contribution is -0.128. The Hall–Kier alpha value is -0.680. The third kappa shape index (κ3) is 3.92. The predicted molar refractivity (Wildman–Crippen MR) is 87.7 cm³/mol. The summed E-state index contributed by atoms with van der Waals surface area (Å²) in [5, 5.41) is 3.10. The number of nitrogens with zero attached hydrogens (tertiary/aromatic N) is 1. The molecule has 0 aromatic carbocycles. The van der Waals surface area contributed by atoms with Crippen LogP contribution >= 0.6 is 12.2 Å². The Balaban J connectivity index is 2.69. The number of likely N-dealkylation sites (tertiary alicyclic amines) is 1. The quantitative estimate of drug-likeness (QED) is 0.674. The molecule has 1 heterocycles. The Morgan fingerprint density at radius 2 is 2.00 bits per heavy atom. The van der Waals surface area contributed by atoms with E-state index >= 15 is 0 Å². The Morgan fingerprint density at radius 1 is 1.40 bits per heavy atom. The molecule has 4 nitrogen and oxygen atoms in total. The maximum absolute atomic E-state index is 12.7. The molecule has 0 saturated carbocycles. The number of carbonyl (C=O) groups excluding carboxylic acids is 1. The monoisotopic (exact) mass is 299 g/mol. The Bertz CT molecular complexity index is 340. The smallest absolute Gasteiger partial charge is 0.233 e. The molecule has 1 saturated heterocycles. The van der Waals surface area contributed by atoms with Crippen molar-refractivity contribution in [2.45, 2.75) is 58.4 Å². The normalized spacial score (nSPS) is 20.1. The van der Waals surface area contributed by atoms with Gasteiger partial charge in [0.05, 0.1) is 10.4 Å². The number of carbonyl (C=O) groups is 1. The van der Waals surface area contributed by atoms with Crippen molar-refractivity contribution in [2.75, 3.05) is 20.1 Å². The first-order valence-electron chi connectivity index (χ1n) is 7.76. The average molecular weight is 299 g/mol. The maximum atomic E-state index is 12.7. The second-order valence-electron chi connectivity index (χ2n) is 5.93. The highest BCUT2D eigenvalue weighted by Gasteiger charge is 2.40. The van der Waals surface area contributed by atoms with Crippen molar-refractivity contribution >= 4 is 23.1 Å². The fourth-order valence-corrected chi connectivity index (χ4v) is 3.48. The van der Waals surface area contributed by atoms with Gasteiger partial charge in [0, 0.05) is 12.6 Å². The summed E-state index contributed by atoms with van der Waals surface area (Å²) in [5.74, 6) is 0.0222. The summed E-state index contributed by atoms with van der Waals surface area (Å²) in [7, 11) is 2.11. The lowest BCUT2D eigenvalue weighted by atomic mass is 9.78. The van der Waals surface area contributed by atoms with E-state index in [-0.39, 0.29) is 5.91 Å². The molecule has 5 heteroatoms. The van der Waals surface area contributed by atoms with E-state index in [1.54, 1.807) is 0 Å². The molecule has 0 aromatic heterocycles. The van der Waals surface area contributed by atoms with Crippen LogP contribution in [-0.2, 0) is 4.79 Å². The van der Waals surface area contributed by atoms with Crippen LogP contribution in [0, 0.1) is 5.41 Å². The van der Waals surface area contributed by atoms with E-state index in [0.29, 0.717) is 17.6 Å². The molecule has 0 spiro atoms. The maximum Gasteiger partial charge on any atom is 0.233 e. The van der Waals surface area contributed by atoms with Gasteiger partial charge in [-0.25, -0.2) is 0 Å². The second kappa shape index (κ2) is 7.93. The molecule has 20 heavy (non-hydrogen) atoms. The minimum absolute atomic E-state index is 0.0222. The fourth-order valence-electron chi connectivity index (χ4n) is 3.18. The minimum Gasteiger partial charge on any atom is -0.392 e. The molecule has 0 aliphatic carbocycles. The van der Waals surface area contributed by atoms with Crippen LogP contribution < -0.4 is 11.1 Å². The van der Waals surface area contributed by atoms with Crippen LogP contribution in [-0.4, -0.2) is 42.0 Å². The van der Waals surface area contributed by atoms with Gasteiger partial charge in [0.2, 0.25) is 5.91 Å². The first-order chi connectivity index (χ1) is 9.47. The molecule has 0 bridgehead atoms. The molecule has 1 unspecified atom stereocenters. The average Bonchev–Trinajstić information content (AvgIpc) is 2.80. The van der Waals surface area contributed by atoms with Gasteiger partial charge in [0.1, 0.15) is 0 Å². The van der Waals surface area contributed by atoms with Crippen molar-refractivity contribution < 1.29 is 4.79 Å². The topological polar surface area (TPSA) is 58.4 Å². The Morgan fingerprint density at radius 3 is 2.40 bits per heavy atom. The van der Waals surface area contributed by atoms with E-state index in [0.717, 1.165) is 38.6 Å². The molecule has 1 atom stereocenters. The lowest BCUT2D eigenvalue weighted by Gasteiger charge is -2.32. The molecule has 0 radical (unpaired) electrons. The molecular formula is C15H29N3OS. The van der Waals surface area contributed by atoms with Crippen LogP contribution in [0.4, 0.5) is 0 Å². The highest BCUT2D eigenvalue weighted by Crippen LogP contribution is 2.31. The van der Waals surface area contributed by atoms with E-state index in [2.05, 4.69) is 31.1 Å². The van der Waals surface area contributed by atoms with E-state index in [1.807, 2.05) is 0 Å². The van der Waals surface area contributed by atoms with Crippen LogP contribution in [0.5, 0.6) is 0 Å². The number of hydrogen-bond acceptors (Lipinski definition) is 3. The molecule has 1 aliphatic heterocycles. The summed E-state index contributed by atoms with van der Waals surface area (Å²) in [5.41, 5.74) is 5.26. The summed E-state index contributed by atoms with van der Waals surface area (Å²) in [6, 6.07) is 0.450. The highest BCUT2D eigenvalue weighted by molar-refractivity contribution is 7.80. The summed E-state index contributed by atoms with van der Waals surface area (Å²) in [6.07, 6.45) is 5.66. The van der Waals surface area contributed by atoms with Gasteiger partial charge in [-0.2, -0.15) is 0 Å². The number of nitrogens with two attached hydrogens (primary N) is 1. The van der Waals surface area contributed by atoms with Gasteiger partial charge in [-0.05, 0) is 39.3 Å². The SMILES string of the molecule is CCCC(CCC)(C(=O)NCC1CCCN1C)C(N)=S. The van der Waals surface area contributed by atoms with Crippen molar-refractivity contribution in [3.8, 4) is 0 Å². The van der Waals surface area contributed by atoms with Gasteiger partial charge in [0.15, 0.2) is 0 Å². The molecule has 116 valence electrons. The second-order valence-corrected chi connectivity index (χ2v) is 6.37. The van der Waals surface area contributed by atoms with Crippen molar-refractivity contribution in [1.29, 1.82) is 0 Å². The molecule has 1 fully saturated rings. The van der Waals surface area contributed by atoms with E-state index in [9.17, 15) is 4.79 Å². The van der Waals surface area contributed by atoms with E-state index in [1.165, 1.54) is 6.42 Å². The largest absolute Gasteiger partial charge is 0.392 e. The molecule has 3 N–H and O–H groups in total. The zero-order chi connectivity index (χ0) is 15.2. The van der Waals surface area contributed by atoms with Crippen LogP contribution in [0.1, 0.15) is 52.4 Å². The first kappa shape index (κ1) is 17.4. The lowest BCUT2D eigenvalue weighted by Crippen LogP contribution is -2.51. The third-order valence-electron chi connectivity index (χ3n) is 4.43. The number of amides is 1. The summed E-state index contributed by atoms with van der Waals surface area (Å²) in [6.45, 7) is 5.96. The predicted octanol–water partition coefficient (Wildman–Crippen LogP) is 2.07. The first-order valence-corrected chi connectivity index (χ1v) is 8.17. The van der Waals surface area contributed by atoms with Gasteiger partial charge in [0.25, 0.3) is 0 Å². The standard InChI is InChI=1S/C15H29N3OS/c1-4-8-15(9-5-2,13(16)20)14(19)17-11-12-7-6-10-18(12)3/h12H,4-11H2,1-3H3,(H2,16,20)(H,17,19). The Labute approximate surface area is 128 Å². The summed E-state index contributed by atoms with van der Waals surface area (Å²) < 4.78 is 0. The summed E-state index contributed by atoms with van der Waals surface area (Å²) in [4.78, 5) is 15.3. The zero-order valence-electron chi connectivity index (χ0n) is 13.1.